The number of nitrogens with zero attached hydrogens (tertiary/aromatic N) is 1. The van der Waals surface area contributed by atoms with Gasteiger partial charge in [0, 0.05) is 12.7 Å². The molecule has 1 atom stereocenters. The first kappa shape index (κ1) is 7.97. The van der Waals surface area contributed by atoms with E-state index in [4.69, 9.17) is 11.5 Å². The molecule has 0 radical (unpaired) electrons. The van der Waals surface area contributed by atoms with Gasteiger partial charge in [0.1, 0.15) is 5.75 Å². The molecule has 4 nitrogen and oxygen atoms in total. The van der Waals surface area contributed by atoms with Gasteiger partial charge >= 0.3 is 0 Å². The van der Waals surface area contributed by atoms with Gasteiger partial charge in [0.15, 0.2) is 0 Å². The molecule has 0 fully saturated rings. The van der Waals surface area contributed by atoms with Crippen molar-refractivity contribution in [3.05, 3.63) is 24.0 Å². The standard InChI is InChI=1S/C7H11N3O/c8-4-5(9)7-6(11)2-1-3-10-7/h1-3,5,11H,4,8-9H2. The molecule has 0 bridgehead atoms. The summed E-state index contributed by atoms with van der Waals surface area (Å²) in [6, 6.07) is 2.80. The van der Waals surface area contributed by atoms with Crippen LogP contribution in [0.1, 0.15) is 11.7 Å². The maximum Gasteiger partial charge on any atom is 0.138 e. The molecule has 1 rings (SSSR count). The maximum absolute atomic E-state index is 9.21. The molecule has 1 heterocycles. The van der Waals surface area contributed by atoms with Crippen LogP contribution < -0.4 is 11.5 Å². The third-order valence-corrected chi connectivity index (χ3v) is 1.42. The average molecular weight is 153 g/mol. The minimum Gasteiger partial charge on any atom is -0.506 e. The van der Waals surface area contributed by atoms with Crippen LogP contribution in [-0.2, 0) is 0 Å². The van der Waals surface area contributed by atoms with Crippen molar-refractivity contribution in [3.63, 3.8) is 0 Å². The molecule has 11 heavy (non-hydrogen) atoms. The van der Waals surface area contributed by atoms with Gasteiger partial charge in [-0.25, -0.2) is 0 Å². The highest BCUT2D eigenvalue weighted by Gasteiger charge is 2.08. The van der Waals surface area contributed by atoms with Crippen LogP contribution >= 0.6 is 0 Å². The number of hydrogen-bond acceptors (Lipinski definition) is 4. The molecule has 0 saturated carbocycles. The Morgan fingerprint density at radius 3 is 2.91 bits per heavy atom. The number of aromatic nitrogens is 1. The van der Waals surface area contributed by atoms with Gasteiger partial charge in [0.2, 0.25) is 0 Å². The number of nitrogens with two attached hydrogens (primary N) is 2. The second kappa shape index (κ2) is 3.32. The van der Waals surface area contributed by atoms with Crippen molar-refractivity contribution in [1.29, 1.82) is 0 Å². The van der Waals surface area contributed by atoms with E-state index in [0.717, 1.165) is 0 Å². The highest BCUT2D eigenvalue weighted by atomic mass is 16.3. The van der Waals surface area contributed by atoms with Crippen LogP contribution in [0.3, 0.4) is 0 Å². The first-order chi connectivity index (χ1) is 5.25. The highest BCUT2D eigenvalue weighted by Crippen LogP contribution is 2.17. The van der Waals surface area contributed by atoms with E-state index < -0.39 is 0 Å². The summed E-state index contributed by atoms with van der Waals surface area (Å²) in [5.41, 5.74) is 11.3. The second-order valence-electron chi connectivity index (χ2n) is 2.25. The molecule has 0 saturated heterocycles. The van der Waals surface area contributed by atoms with Crippen LogP contribution in [0.15, 0.2) is 18.3 Å². The predicted octanol–water partition coefficient (Wildman–Crippen LogP) is -0.254. The quantitative estimate of drug-likeness (QED) is 0.546. The summed E-state index contributed by atoms with van der Waals surface area (Å²) in [5.74, 6) is 0.102. The van der Waals surface area contributed by atoms with Crippen LogP contribution in [-0.4, -0.2) is 16.6 Å². The lowest BCUT2D eigenvalue weighted by Crippen LogP contribution is -2.21. The lowest BCUT2D eigenvalue weighted by molar-refractivity contribution is 0.456. The van der Waals surface area contributed by atoms with Crippen LogP contribution in [0.5, 0.6) is 5.75 Å². The van der Waals surface area contributed by atoms with E-state index in [0.29, 0.717) is 5.69 Å². The van der Waals surface area contributed by atoms with Gasteiger partial charge in [0.25, 0.3) is 0 Å². The van der Waals surface area contributed by atoms with E-state index in [-0.39, 0.29) is 18.3 Å². The summed E-state index contributed by atoms with van der Waals surface area (Å²) >= 11 is 0. The Bertz CT molecular complexity index is 239. The summed E-state index contributed by atoms with van der Waals surface area (Å²) in [4.78, 5) is 3.89. The lowest BCUT2D eigenvalue weighted by Gasteiger charge is -2.08. The third-order valence-electron chi connectivity index (χ3n) is 1.42. The summed E-state index contributed by atoms with van der Waals surface area (Å²) in [7, 11) is 0. The normalized spacial score (nSPS) is 12.9. The Balaban J connectivity index is 2.93. The molecular weight excluding hydrogens is 142 g/mol. The van der Waals surface area contributed by atoms with Crippen LogP contribution in [0.2, 0.25) is 0 Å². The van der Waals surface area contributed by atoms with Gasteiger partial charge in [-0.3, -0.25) is 4.98 Å². The minimum absolute atomic E-state index is 0.102. The highest BCUT2D eigenvalue weighted by molar-refractivity contribution is 5.27. The smallest absolute Gasteiger partial charge is 0.138 e. The zero-order chi connectivity index (χ0) is 8.27. The maximum atomic E-state index is 9.21. The first-order valence-corrected chi connectivity index (χ1v) is 3.35. The molecule has 0 aliphatic carbocycles. The van der Waals surface area contributed by atoms with Gasteiger partial charge in [-0.05, 0) is 12.1 Å². The van der Waals surface area contributed by atoms with Crippen molar-refractivity contribution < 1.29 is 5.11 Å². The Hall–Kier alpha value is -1.13. The van der Waals surface area contributed by atoms with Crippen molar-refractivity contribution in [2.45, 2.75) is 6.04 Å². The van der Waals surface area contributed by atoms with Crippen molar-refractivity contribution in [3.8, 4) is 5.75 Å². The monoisotopic (exact) mass is 153 g/mol. The number of rotatable bonds is 2. The van der Waals surface area contributed by atoms with Crippen molar-refractivity contribution >= 4 is 0 Å². The van der Waals surface area contributed by atoms with E-state index in [9.17, 15) is 5.11 Å². The van der Waals surface area contributed by atoms with E-state index in [1.54, 1.807) is 12.3 Å². The topological polar surface area (TPSA) is 85.2 Å². The first-order valence-electron chi connectivity index (χ1n) is 3.35. The van der Waals surface area contributed by atoms with Crippen LogP contribution in [0, 0.1) is 0 Å². The van der Waals surface area contributed by atoms with Crippen molar-refractivity contribution in [1.82, 2.24) is 4.98 Å². The molecule has 0 aromatic carbocycles. The largest absolute Gasteiger partial charge is 0.506 e. The fraction of sp³-hybridized carbons (Fsp3) is 0.286. The van der Waals surface area contributed by atoms with Crippen molar-refractivity contribution in [2.24, 2.45) is 11.5 Å². The summed E-state index contributed by atoms with van der Waals surface area (Å²) < 4.78 is 0. The molecule has 0 amide bonds. The zero-order valence-corrected chi connectivity index (χ0v) is 6.07. The van der Waals surface area contributed by atoms with Gasteiger partial charge in [-0.15, -0.1) is 0 Å². The Morgan fingerprint density at radius 2 is 2.36 bits per heavy atom. The van der Waals surface area contributed by atoms with Gasteiger partial charge in [-0.1, -0.05) is 0 Å². The zero-order valence-electron chi connectivity index (χ0n) is 6.07. The van der Waals surface area contributed by atoms with E-state index in [2.05, 4.69) is 4.98 Å². The molecule has 1 aromatic rings. The fourth-order valence-corrected chi connectivity index (χ4v) is 0.806. The molecule has 4 heteroatoms. The SMILES string of the molecule is NCC(N)c1ncccc1O. The van der Waals surface area contributed by atoms with Gasteiger partial charge in [-0.2, -0.15) is 0 Å². The van der Waals surface area contributed by atoms with E-state index in [1.165, 1.54) is 6.07 Å². The second-order valence-corrected chi connectivity index (χ2v) is 2.25. The minimum atomic E-state index is -0.379. The van der Waals surface area contributed by atoms with E-state index in [1.807, 2.05) is 0 Å². The van der Waals surface area contributed by atoms with Gasteiger partial charge < -0.3 is 16.6 Å². The molecule has 0 spiro atoms. The summed E-state index contributed by atoms with van der Waals surface area (Å²) in [5, 5.41) is 9.21. The lowest BCUT2D eigenvalue weighted by atomic mass is 10.2. The van der Waals surface area contributed by atoms with Gasteiger partial charge in [0.05, 0.1) is 11.7 Å². The number of hydrogen-bond donors (Lipinski definition) is 3. The fourth-order valence-electron chi connectivity index (χ4n) is 0.806. The van der Waals surface area contributed by atoms with E-state index >= 15 is 0 Å². The Morgan fingerprint density at radius 1 is 1.64 bits per heavy atom. The van der Waals surface area contributed by atoms with Crippen molar-refractivity contribution in [2.75, 3.05) is 6.54 Å². The Kier molecular flexibility index (Phi) is 2.40. The predicted molar refractivity (Wildman–Crippen MR) is 41.9 cm³/mol. The third kappa shape index (κ3) is 1.66. The molecular formula is C7H11N3O. The molecule has 1 unspecified atom stereocenters. The van der Waals surface area contributed by atoms with Crippen LogP contribution in [0.4, 0.5) is 0 Å². The molecule has 0 aliphatic heterocycles. The number of aromatic hydroxyl groups is 1. The molecule has 0 aliphatic rings. The summed E-state index contributed by atoms with van der Waals surface area (Å²) in [6.45, 7) is 0.282. The molecule has 60 valence electrons. The average Bonchev–Trinajstić information content (AvgIpc) is 2.04. The van der Waals surface area contributed by atoms with Crippen LogP contribution in [0.25, 0.3) is 0 Å². The molecule has 5 N–H and O–H groups in total. The Labute approximate surface area is 64.9 Å². The number of pyridine rings is 1. The molecule has 1 aromatic heterocycles. The summed E-state index contributed by atoms with van der Waals surface area (Å²) in [6.07, 6.45) is 1.57.